The van der Waals surface area contributed by atoms with Crippen molar-refractivity contribution in [2.24, 2.45) is 34.5 Å². The first-order valence-electron chi connectivity index (χ1n) is 8.98. The molecular weight excluding hydrogens is 244 g/mol. The number of hydrogen-bond acceptors (Lipinski definition) is 1. The molecule has 20 heavy (non-hydrogen) atoms. The monoisotopic (exact) mass is 274 g/mol. The molecule has 0 amide bonds. The smallest absolute Gasteiger partial charge is 0.0527 e. The fourth-order valence-corrected chi connectivity index (χ4v) is 6.89. The summed E-state index contributed by atoms with van der Waals surface area (Å²) in [5, 5.41) is 10.3. The second kappa shape index (κ2) is 4.60. The molecular formula is C19H30O. The van der Waals surface area contributed by atoms with E-state index in [4.69, 9.17) is 0 Å². The number of allylic oxidation sites excluding steroid dienone is 1. The van der Waals surface area contributed by atoms with Crippen LogP contribution in [0.4, 0.5) is 0 Å². The highest BCUT2D eigenvalue weighted by Crippen LogP contribution is 2.65. The standard InChI is InChI=1S/C19H30O/c1-18-10-4-6-16(18)15-8-7-14-5-2-3-11-19(14,13-20)17(15)9-12-18/h3,11,14-17,20H,2,4-10,12-13H2,1H3/t14?,15-,16-,17+,18-,19+/m0/s1. The van der Waals surface area contributed by atoms with Gasteiger partial charge >= 0.3 is 0 Å². The molecule has 1 unspecified atom stereocenters. The van der Waals surface area contributed by atoms with Crippen LogP contribution in [0.3, 0.4) is 0 Å². The fraction of sp³-hybridized carbons (Fsp3) is 0.895. The van der Waals surface area contributed by atoms with E-state index < -0.39 is 0 Å². The van der Waals surface area contributed by atoms with E-state index in [1.807, 2.05) is 0 Å². The minimum absolute atomic E-state index is 0.158. The Morgan fingerprint density at radius 2 is 1.95 bits per heavy atom. The number of rotatable bonds is 1. The second-order valence-corrected chi connectivity index (χ2v) is 8.49. The SMILES string of the molecule is C[C@@]12CCC[C@H]1[C@@H]1CCC3CCC=C[C@]3(CO)[C@@H]1CC2. The minimum atomic E-state index is 0.158. The van der Waals surface area contributed by atoms with E-state index in [-0.39, 0.29) is 5.41 Å². The summed E-state index contributed by atoms with van der Waals surface area (Å²) in [6.07, 6.45) is 17.4. The van der Waals surface area contributed by atoms with Crippen molar-refractivity contribution in [2.75, 3.05) is 6.61 Å². The lowest BCUT2D eigenvalue weighted by Gasteiger charge is -2.59. The van der Waals surface area contributed by atoms with Crippen LogP contribution in [0.15, 0.2) is 12.2 Å². The van der Waals surface area contributed by atoms with Gasteiger partial charge in [0, 0.05) is 5.41 Å². The topological polar surface area (TPSA) is 20.2 Å². The van der Waals surface area contributed by atoms with E-state index in [0.29, 0.717) is 12.0 Å². The van der Waals surface area contributed by atoms with Crippen LogP contribution in [-0.2, 0) is 0 Å². The zero-order valence-corrected chi connectivity index (χ0v) is 13.0. The molecule has 0 aromatic rings. The molecule has 0 spiro atoms. The molecule has 0 saturated heterocycles. The van der Waals surface area contributed by atoms with Gasteiger partial charge in [-0.2, -0.15) is 0 Å². The zero-order chi connectivity index (χ0) is 13.8. The van der Waals surface area contributed by atoms with E-state index in [9.17, 15) is 5.11 Å². The van der Waals surface area contributed by atoms with E-state index >= 15 is 0 Å². The number of aliphatic hydroxyl groups is 1. The predicted molar refractivity (Wildman–Crippen MR) is 82.3 cm³/mol. The van der Waals surface area contributed by atoms with Crippen LogP contribution < -0.4 is 0 Å². The van der Waals surface area contributed by atoms with Gasteiger partial charge in [-0.3, -0.25) is 0 Å². The van der Waals surface area contributed by atoms with E-state index in [2.05, 4.69) is 19.1 Å². The van der Waals surface area contributed by atoms with Crippen LogP contribution in [0.1, 0.15) is 64.7 Å². The van der Waals surface area contributed by atoms with E-state index in [1.54, 1.807) is 0 Å². The highest BCUT2D eigenvalue weighted by Gasteiger charge is 2.57. The Morgan fingerprint density at radius 3 is 2.80 bits per heavy atom. The Kier molecular flexibility index (Phi) is 3.07. The quantitative estimate of drug-likeness (QED) is 0.695. The molecule has 0 bridgehead atoms. The van der Waals surface area contributed by atoms with Gasteiger partial charge in [0.25, 0.3) is 0 Å². The maximum atomic E-state index is 10.3. The summed E-state index contributed by atoms with van der Waals surface area (Å²) in [6, 6.07) is 0. The lowest BCUT2D eigenvalue weighted by molar-refractivity contribution is -0.0963. The molecule has 3 fully saturated rings. The molecule has 0 aliphatic heterocycles. The molecule has 4 aliphatic carbocycles. The molecule has 0 aromatic carbocycles. The van der Waals surface area contributed by atoms with Crippen LogP contribution >= 0.6 is 0 Å². The zero-order valence-electron chi connectivity index (χ0n) is 13.0. The second-order valence-electron chi connectivity index (χ2n) is 8.49. The van der Waals surface area contributed by atoms with Gasteiger partial charge in [0.05, 0.1) is 6.61 Å². The molecule has 4 rings (SSSR count). The van der Waals surface area contributed by atoms with Crippen molar-refractivity contribution in [1.82, 2.24) is 0 Å². The lowest BCUT2D eigenvalue weighted by atomic mass is 9.46. The van der Waals surface area contributed by atoms with Crippen molar-refractivity contribution >= 4 is 0 Å². The summed E-state index contributed by atoms with van der Waals surface area (Å²) >= 11 is 0. The molecule has 112 valence electrons. The first-order chi connectivity index (χ1) is 9.70. The van der Waals surface area contributed by atoms with Crippen LogP contribution in [-0.4, -0.2) is 11.7 Å². The maximum Gasteiger partial charge on any atom is 0.0527 e. The van der Waals surface area contributed by atoms with Gasteiger partial charge in [-0.05, 0) is 80.5 Å². The van der Waals surface area contributed by atoms with Crippen molar-refractivity contribution in [2.45, 2.75) is 64.7 Å². The molecule has 0 heterocycles. The van der Waals surface area contributed by atoms with Gasteiger partial charge in [-0.15, -0.1) is 0 Å². The van der Waals surface area contributed by atoms with Crippen molar-refractivity contribution < 1.29 is 5.11 Å². The van der Waals surface area contributed by atoms with Gasteiger partial charge < -0.3 is 5.11 Å². The number of aliphatic hydroxyl groups excluding tert-OH is 1. The van der Waals surface area contributed by atoms with Crippen LogP contribution in [0.5, 0.6) is 0 Å². The summed E-state index contributed by atoms with van der Waals surface area (Å²) in [6.45, 7) is 2.97. The fourth-order valence-electron chi connectivity index (χ4n) is 6.89. The number of hydrogen-bond donors (Lipinski definition) is 1. The highest BCUT2D eigenvalue weighted by molar-refractivity contribution is 5.16. The van der Waals surface area contributed by atoms with E-state index in [1.165, 1.54) is 57.8 Å². The normalized spacial score (nSPS) is 54.1. The third-order valence-electron chi connectivity index (χ3n) is 7.90. The lowest BCUT2D eigenvalue weighted by Crippen LogP contribution is -2.53. The summed E-state index contributed by atoms with van der Waals surface area (Å²) < 4.78 is 0. The van der Waals surface area contributed by atoms with Crippen molar-refractivity contribution in [1.29, 1.82) is 0 Å². The largest absolute Gasteiger partial charge is 0.395 e. The summed E-state index contributed by atoms with van der Waals surface area (Å²) in [7, 11) is 0. The molecule has 0 aromatic heterocycles. The van der Waals surface area contributed by atoms with E-state index in [0.717, 1.165) is 23.7 Å². The average molecular weight is 274 g/mol. The average Bonchev–Trinajstić information content (AvgIpc) is 2.88. The Hall–Kier alpha value is -0.300. The summed E-state index contributed by atoms with van der Waals surface area (Å²) in [4.78, 5) is 0. The van der Waals surface area contributed by atoms with Crippen molar-refractivity contribution in [3.8, 4) is 0 Å². The molecule has 1 N–H and O–H groups in total. The van der Waals surface area contributed by atoms with Gasteiger partial charge in [0.2, 0.25) is 0 Å². The van der Waals surface area contributed by atoms with Crippen molar-refractivity contribution in [3.63, 3.8) is 0 Å². The summed E-state index contributed by atoms with van der Waals surface area (Å²) in [5.41, 5.74) is 0.800. The Morgan fingerprint density at radius 1 is 1.05 bits per heavy atom. The van der Waals surface area contributed by atoms with Gasteiger partial charge in [0.15, 0.2) is 0 Å². The third-order valence-corrected chi connectivity index (χ3v) is 7.90. The Bertz CT molecular complexity index is 414. The molecule has 0 radical (unpaired) electrons. The molecule has 4 aliphatic rings. The van der Waals surface area contributed by atoms with Gasteiger partial charge in [-0.25, -0.2) is 0 Å². The highest BCUT2D eigenvalue weighted by atomic mass is 16.3. The Labute approximate surface area is 123 Å². The Balaban J connectivity index is 1.70. The predicted octanol–water partition coefficient (Wildman–Crippen LogP) is 4.56. The molecule has 1 nitrogen and oxygen atoms in total. The van der Waals surface area contributed by atoms with Crippen molar-refractivity contribution in [3.05, 3.63) is 12.2 Å². The van der Waals surface area contributed by atoms with Crippen LogP contribution in [0.25, 0.3) is 0 Å². The van der Waals surface area contributed by atoms with Gasteiger partial charge in [-0.1, -0.05) is 25.5 Å². The third kappa shape index (κ3) is 1.65. The molecule has 3 saturated carbocycles. The van der Waals surface area contributed by atoms with Crippen LogP contribution in [0.2, 0.25) is 0 Å². The first kappa shape index (κ1) is 13.4. The first-order valence-corrected chi connectivity index (χ1v) is 8.98. The van der Waals surface area contributed by atoms with Gasteiger partial charge in [0.1, 0.15) is 0 Å². The molecule has 1 heteroatoms. The molecule has 6 atom stereocenters. The summed E-state index contributed by atoms with van der Waals surface area (Å²) in [5.74, 6) is 3.41. The minimum Gasteiger partial charge on any atom is -0.395 e. The number of fused-ring (bicyclic) bond motifs is 5. The van der Waals surface area contributed by atoms with Crippen LogP contribution in [0, 0.1) is 34.5 Å². The maximum absolute atomic E-state index is 10.3.